The summed E-state index contributed by atoms with van der Waals surface area (Å²) in [7, 11) is 0. The Labute approximate surface area is 172 Å². The monoisotopic (exact) mass is 379 g/mol. The zero-order valence-electron chi connectivity index (χ0n) is 17.3. The fourth-order valence-electron chi connectivity index (χ4n) is 5.13. The maximum Gasteiger partial charge on any atom is 0.0326 e. The maximum atomic E-state index is 6.30. The zero-order valence-corrected chi connectivity index (χ0v) is 17.3. The predicted molar refractivity (Wildman–Crippen MR) is 129 cm³/mol. The first-order valence-electron chi connectivity index (χ1n) is 11.2. The fraction of sp³-hybridized carbons (Fsp3) is 0.286. The van der Waals surface area contributed by atoms with E-state index in [1.807, 2.05) is 0 Å². The van der Waals surface area contributed by atoms with E-state index < -0.39 is 0 Å². The van der Waals surface area contributed by atoms with Gasteiger partial charge in [0.05, 0.1) is 0 Å². The van der Waals surface area contributed by atoms with Gasteiger partial charge in [-0.25, -0.2) is 0 Å². The molecule has 0 amide bonds. The molecule has 0 bridgehead atoms. The minimum Gasteiger partial charge on any atom is -0.399 e. The summed E-state index contributed by atoms with van der Waals surface area (Å²) >= 11 is 0. The first-order valence-corrected chi connectivity index (χ1v) is 11.2. The number of unbranched alkanes of at least 4 members (excludes halogenated alkanes) is 5. The lowest BCUT2D eigenvalue weighted by atomic mass is 9.86. The van der Waals surface area contributed by atoms with Crippen LogP contribution < -0.4 is 5.73 Å². The van der Waals surface area contributed by atoms with Crippen LogP contribution in [0.4, 0.5) is 5.69 Å². The largest absolute Gasteiger partial charge is 0.399 e. The molecular formula is C28H29N. The van der Waals surface area contributed by atoms with Crippen LogP contribution in [-0.2, 0) is 6.42 Å². The number of anilines is 1. The summed E-state index contributed by atoms with van der Waals surface area (Å²) < 4.78 is 0. The van der Waals surface area contributed by atoms with Gasteiger partial charge in [0.2, 0.25) is 0 Å². The van der Waals surface area contributed by atoms with Gasteiger partial charge in [0.1, 0.15) is 0 Å². The van der Waals surface area contributed by atoms with Gasteiger partial charge in [-0.15, -0.1) is 0 Å². The van der Waals surface area contributed by atoms with Crippen molar-refractivity contribution in [2.75, 3.05) is 5.73 Å². The highest BCUT2D eigenvalue weighted by atomic mass is 14.5. The van der Waals surface area contributed by atoms with Crippen LogP contribution in [0.3, 0.4) is 0 Å². The van der Waals surface area contributed by atoms with Crippen molar-refractivity contribution in [2.45, 2.75) is 51.9 Å². The topological polar surface area (TPSA) is 26.0 Å². The molecule has 5 rings (SSSR count). The normalized spacial score (nSPS) is 12.0. The predicted octanol–water partition coefficient (Wildman–Crippen LogP) is 8.22. The summed E-state index contributed by atoms with van der Waals surface area (Å²) in [6.07, 6.45) is 9.15. The molecule has 1 nitrogen and oxygen atoms in total. The molecule has 5 aromatic carbocycles. The van der Waals surface area contributed by atoms with Gasteiger partial charge < -0.3 is 5.73 Å². The lowest BCUT2D eigenvalue weighted by molar-refractivity contribution is 0.608. The van der Waals surface area contributed by atoms with Crippen LogP contribution in [0, 0.1) is 0 Å². The molecule has 0 aliphatic rings. The van der Waals surface area contributed by atoms with Crippen molar-refractivity contribution < 1.29 is 0 Å². The standard InChI is InChI=1S/C28H29N/c1-2-3-4-5-6-7-10-20-15-16-21-17-22(29)18-25-23-13-8-11-19-12-9-14-24(26(19)23)27(20)28(21)25/h8-9,11-18H,2-7,10,29H2,1H3. The number of hydrogen-bond donors (Lipinski definition) is 1. The SMILES string of the molecule is CCCCCCCCc1ccc2cc(N)cc3c4cccc5cccc(c1c23)c54. The third-order valence-corrected chi connectivity index (χ3v) is 6.49. The van der Waals surface area contributed by atoms with Gasteiger partial charge >= 0.3 is 0 Å². The van der Waals surface area contributed by atoms with E-state index in [0.717, 1.165) is 12.1 Å². The second kappa shape index (κ2) is 7.55. The van der Waals surface area contributed by atoms with Crippen LogP contribution in [0.15, 0.2) is 60.7 Å². The van der Waals surface area contributed by atoms with E-state index in [9.17, 15) is 0 Å². The molecule has 0 aromatic heterocycles. The van der Waals surface area contributed by atoms with E-state index in [0.29, 0.717) is 0 Å². The van der Waals surface area contributed by atoms with E-state index in [2.05, 4.69) is 67.6 Å². The molecule has 0 heterocycles. The molecular weight excluding hydrogens is 350 g/mol. The van der Waals surface area contributed by atoms with Crippen LogP contribution >= 0.6 is 0 Å². The Morgan fingerprint density at radius 2 is 1.38 bits per heavy atom. The Morgan fingerprint density at radius 1 is 0.621 bits per heavy atom. The van der Waals surface area contributed by atoms with Crippen molar-refractivity contribution in [3.8, 4) is 0 Å². The Bertz CT molecular complexity index is 1290. The first-order chi connectivity index (χ1) is 14.3. The van der Waals surface area contributed by atoms with Gasteiger partial charge in [-0.1, -0.05) is 87.6 Å². The van der Waals surface area contributed by atoms with Crippen molar-refractivity contribution in [1.29, 1.82) is 0 Å². The number of nitrogen functional groups attached to an aromatic ring is 1. The Hall–Kier alpha value is -2.80. The smallest absolute Gasteiger partial charge is 0.0326 e. The lowest BCUT2D eigenvalue weighted by Crippen LogP contribution is -1.94. The van der Waals surface area contributed by atoms with Crippen molar-refractivity contribution >= 4 is 48.8 Å². The minimum absolute atomic E-state index is 0.846. The molecule has 0 fully saturated rings. The van der Waals surface area contributed by atoms with Crippen LogP contribution in [0.1, 0.15) is 51.0 Å². The molecule has 0 spiro atoms. The van der Waals surface area contributed by atoms with E-state index in [-0.39, 0.29) is 0 Å². The van der Waals surface area contributed by atoms with Crippen LogP contribution in [0.25, 0.3) is 43.1 Å². The second-order valence-corrected chi connectivity index (χ2v) is 8.49. The van der Waals surface area contributed by atoms with Crippen LogP contribution in [0.2, 0.25) is 0 Å². The molecule has 1 heteroatoms. The summed E-state index contributed by atoms with van der Waals surface area (Å²) in [4.78, 5) is 0. The molecule has 2 N–H and O–H groups in total. The van der Waals surface area contributed by atoms with Gasteiger partial charge in [-0.2, -0.15) is 0 Å². The minimum atomic E-state index is 0.846. The number of rotatable bonds is 7. The summed E-state index contributed by atoms with van der Waals surface area (Å²) in [5.74, 6) is 0. The van der Waals surface area contributed by atoms with Gasteiger partial charge in [-0.3, -0.25) is 0 Å². The van der Waals surface area contributed by atoms with Gasteiger partial charge in [0.25, 0.3) is 0 Å². The molecule has 0 radical (unpaired) electrons. The number of nitrogens with two attached hydrogens (primary N) is 1. The molecule has 0 aliphatic carbocycles. The van der Waals surface area contributed by atoms with E-state index in [1.165, 1.54) is 87.2 Å². The summed E-state index contributed by atoms with van der Waals surface area (Å²) in [5.41, 5.74) is 8.63. The molecule has 5 aromatic rings. The van der Waals surface area contributed by atoms with E-state index in [4.69, 9.17) is 5.73 Å². The van der Waals surface area contributed by atoms with E-state index in [1.54, 1.807) is 0 Å². The number of hydrogen-bond acceptors (Lipinski definition) is 1. The summed E-state index contributed by atoms with van der Waals surface area (Å²) in [6, 6.07) is 22.3. The second-order valence-electron chi connectivity index (χ2n) is 8.49. The van der Waals surface area contributed by atoms with Crippen molar-refractivity contribution in [3.63, 3.8) is 0 Å². The van der Waals surface area contributed by atoms with Gasteiger partial charge in [-0.05, 0) is 73.6 Å². The van der Waals surface area contributed by atoms with Crippen LogP contribution in [-0.4, -0.2) is 0 Å². The summed E-state index contributed by atoms with van der Waals surface area (Å²) in [5, 5.41) is 10.8. The molecule has 0 aliphatic heterocycles. The lowest BCUT2D eigenvalue weighted by Gasteiger charge is -2.18. The number of aryl methyl sites for hydroxylation is 1. The molecule has 146 valence electrons. The highest BCUT2D eigenvalue weighted by molar-refractivity contribution is 6.33. The number of fused-ring (bicyclic) bond motifs is 2. The van der Waals surface area contributed by atoms with Crippen LogP contribution in [0.5, 0.6) is 0 Å². The highest BCUT2D eigenvalue weighted by Crippen LogP contribution is 2.42. The molecule has 0 saturated carbocycles. The third-order valence-electron chi connectivity index (χ3n) is 6.49. The fourth-order valence-corrected chi connectivity index (χ4v) is 5.13. The average Bonchev–Trinajstić information content (AvgIpc) is 2.74. The maximum absolute atomic E-state index is 6.30. The van der Waals surface area contributed by atoms with Crippen molar-refractivity contribution in [1.82, 2.24) is 0 Å². The quantitative estimate of drug-likeness (QED) is 0.131. The summed E-state index contributed by atoms with van der Waals surface area (Å²) in [6.45, 7) is 2.28. The van der Waals surface area contributed by atoms with Gasteiger partial charge in [0, 0.05) is 5.69 Å². The van der Waals surface area contributed by atoms with Crippen molar-refractivity contribution in [3.05, 3.63) is 66.2 Å². The number of benzene rings is 5. The Balaban J connectivity index is 1.71. The highest BCUT2D eigenvalue weighted by Gasteiger charge is 2.15. The van der Waals surface area contributed by atoms with Gasteiger partial charge in [0.15, 0.2) is 0 Å². The molecule has 0 unspecified atom stereocenters. The molecule has 0 saturated heterocycles. The Kier molecular flexibility index (Phi) is 4.75. The first kappa shape index (κ1) is 18.2. The molecule has 0 atom stereocenters. The van der Waals surface area contributed by atoms with E-state index >= 15 is 0 Å². The third kappa shape index (κ3) is 3.09. The Morgan fingerprint density at radius 3 is 2.21 bits per heavy atom. The zero-order chi connectivity index (χ0) is 19.8. The van der Waals surface area contributed by atoms with Crippen molar-refractivity contribution in [2.24, 2.45) is 0 Å². The molecule has 29 heavy (non-hydrogen) atoms. The average molecular weight is 380 g/mol.